The highest BCUT2D eigenvalue weighted by Gasteiger charge is 2.26. The van der Waals surface area contributed by atoms with E-state index in [0.29, 0.717) is 12.5 Å². The van der Waals surface area contributed by atoms with Gasteiger partial charge in [0.2, 0.25) is 0 Å². The van der Waals surface area contributed by atoms with Crippen molar-refractivity contribution < 1.29 is 9.53 Å². The number of likely N-dealkylation sites (tertiary alicyclic amines) is 1. The van der Waals surface area contributed by atoms with Gasteiger partial charge >= 0.3 is 6.09 Å². The van der Waals surface area contributed by atoms with Crippen LogP contribution < -0.4 is 0 Å². The minimum Gasteiger partial charge on any atom is -0.445 e. The van der Waals surface area contributed by atoms with Crippen LogP contribution in [0.5, 0.6) is 0 Å². The Balaban J connectivity index is 1.76. The molecule has 98 valence electrons. The van der Waals surface area contributed by atoms with E-state index in [2.05, 4.69) is 6.92 Å². The molecular weight excluding hydrogens is 226 g/mol. The van der Waals surface area contributed by atoms with Crippen molar-refractivity contribution >= 4 is 6.09 Å². The van der Waals surface area contributed by atoms with E-state index in [1.54, 1.807) is 0 Å². The summed E-state index contributed by atoms with van der Waals surface area (Å²) in [5.41, 5.74) is 1.04. The van der Waals surface area contributed by atoms with Crippen LogP contribution in [0.15, 0.2) is 30.3 Å². The first-order valence-corrected chi connectivity index (χ1v) is 6.75. The van der Waals surface area contributed by atoms with Crippen LogP contribution in [-0.2, 0) is 11.3 Å². The van der Waals surface area contributed by atoms with Crippen molar-refractivity contribution in [3.63, 3.8) is 0 Å². The largest absolute Gasteiger partial charge is 0.445 e. The summed E-state index contributed by atoms with van der Waals surface area (Å²) < 4.78 is 5.33. The number of hydrogen-bond acceptors (Lipinski definition) is 2. The van der Waals surface area contributed by atoms with Gasteiger partial charge in [0, 0.05) is 13.1 Å². The Morgan fingerprint density at radius 2 is 2.17 bits per heavy atom. The van der Waals surface area contributed by atoms with Crippen LogP contribution >= 0.6 is 0 Å². The molecule has 1 unspecified atom stereocenters. The lowest BCUT2D eigenvalue weighted by Crippen LogP contribution is -2.29. The monoisotopic (exact) mass is 247 g/mol. The molecule has 0 spiro atoms. The third-order valence-corrected chi connectivity index (χ3v) is 3.45. The lowest BCUT2D eigenvalue weighted by atomic mass is 10.0. The molecule has 0 aliphatic carbocycles. The maximum Gasteiger partial charge on any atom is 0.410 e. The number of carbonyl (C=O) groups is 1. The molecule has 1 fully saturated rings. The Hall–Kier alpha value is -1.51. The number of nitrogens with zero attached hydrogens (tertiary/aromatic N) is 1. The number of ether oxygens (including phenoxy) is 1. The van der Waals surface area contributed by atoms with Crippen LogP contribution in [0.2, 0.25) is 0 Å². The molecule has 1 aromatic rings. The molecule has 0 bridgehead atoms. The van der Waals surface area contributed by atoms with Crippen molar-refractivity contribution in [3.05, 3.63) is 35.9 Å². The van der Waals surface area contributed by atoms with Gasteiger partial charge in [0.25, 0.3) is 0 Å². The van der Waals surface area contributed by atoms with Crippen LogP contribution in [0.3, 0.4) is 0 Å². The summed E-state index contributed by atoms with van der Waals surface area (Å²) in [5.74, 6) is 0.666. The zero-order valence-corrected chi connectivity index (χ0v) is 11.0. The Morgan fingerprint density at radius 1 is 1.39 bits per heavy atom. The van der Waals surface area contributed by atoms with Gasteiger partial charge in [-0.3, -0.25) is 0 Å². The Kier molecular flexibility index (Phi) is 4.62. The van der Waals surface area contributed by atoms with Gasteiger partial charge < -0.3 is 9.64 Å². The van der Waals surface area contributed by atoms with E-state index in [1.807, 2.05) is 35.2 Å². The molecule has 1 aliphatic heterocycles. The summed E-state index contributed by atoms with van der Waals surface area (Å²) in [6.07, 6.45) is 3.35. The molecule has 0 aromatic heterocycles. The predicted molar refractivity (Wildman–Crippen MR) is 71.2 cm³/mol. The lowest BCUT2D eigenvalue weighted by molar-refractivity contribution is 0.103. The fourth-order valence-electron chi connectivity index (χ4n) is 2.45. The summed E-state index contributed by atoms with van der Waals surface area (Å²) in [5, 5.41) is 0. The molecule has 3 nitrogen and oxygen atoms in total. The molecule has 3 heteroatoms. The van der Waals surface area contributed by atoms with Gasteiger partial charge in [0.1, 0.15) is 6.61 Å². The van der Waals surface area contributed by atoms with Crippen LogP contribution in [0.4, 0.5) is 4.79 Å². The molecule has 18 heavy (non-hydrogen) atoms. The zero-order chi connectivity index (χ0) is 12.8. The minimum atomic E-state index is -0.169. The van der Waals surface area contributed by atoms with Gasteiger partial charge in [0.15, 0.2) is 0 Å². The summed E-state index contributed by atoms with van der Waals surface area (Å²) in [4.78, 5) is 13.7. The molecule has 0 saturated carbocycles. The van der Waals surface area contributed by atoms with Gasteiger partial charge in [-0.1, -0.05) is 43.7 Å². The zero-order valence-electron chi connectivity index (χ0n) is 11.0. The van der Waals surface area contributed by atoms with Gasteiger partial charge in [-0.05, 0) is 24.3 Å². The van der Waals surface area contributed by atoms with Crippen molar-refractivity contribution in [2.75, 3.05) is 13.1 Å². The second-order valence-corrected chi connectivity index (χ2v) is 4.93. The normalized spacial score (nSPS) is 18.9. The summed E-state index contributed by atoms with van der Waals surface area (Å²) in [7, 11) is 0. The third kappa shape index (κ3) is 3.49. The Morgan fingerprint density at radius 3 is 2.89 bits per heavy atom. The van der Waals surface area contributed by atoms with Crippen LogP contribution in [0, 0.1) is 5.92 Å². The molecule has 1 aliphatic rings. The first kappa shape index (κ1) is 12.9. The van der Waals surface area contributed by atoms with E-state index in [9.17, 15) is 4.79 Å². The van der Waals surface area contributed by atoms with Crippen molar-refractivity contribution in [3.8, 4) is 0 Å². The highest BCUT2D eigenvalue weighted by Crippen LogP contribution is 2.21. The van der Waals surface area contributed by atoms with Crippen LogP contribution in [-0.4, -0.2) is 24.1 Å². The van der Waals surface area contributed by atoms with Crippen molar-refractivity contribution in [1.82, 2.24) is 4.90 Å². The molecule has 1 heterocycles. The number of carbonyl (C=O) groups excluding carboxylic acids is 1. The van der Waals surface area contributed by atoms with Gasteiger partial charge in [0.05, 0.1) is 0 Å². The van der Waals surface area contributed by atoms with Crippen molar-refractivity contribution in [2.45, 2.75) is 32.8 Å². The Labute approximate surface area is 109 Å². The first-order valence-electron chi connectivity index (χ1n) is 6.75. The molecule has 1 saturated heterocycles. The van der Waals surface area contributed by atoms with E-state index >= 15 is 0 Å². The van der Waals surface area contributed by atoms with E-state index in [1.165, 1.54) is 12.8 Å². The average Bonchev–Trinajstić information content (AvgIpc) is 2.86. The lowest BCUT2D eigenvalue weighted by Gasteiger charge is -2.16. The second-order valence-electron chi connectivity index (χ2n) is 4.93. The molecule has 0 N–H and O–H groups in total. The molecule has 1 aromatic carbocycles. The van der Waals surface area contributed by atoms with Crippen molar-refractivity contribution in [2.24, 2.45) is 5.92 Å². The Bertz CT molecular complexity index is 377. The van der Waals surface area contributed by atoms with E-state index < -0.39 is 0 Å². The summed E-state index contributed by atoms with van der Waals surface area (Å²) in [6, 6.07) is 9.81. The highest BCUT2D eigenvalue weighted by molar-refractivity contribution is 5.68. The number of rotatable bonds is 4. The standard InChI is InChI=1S/C15H21NO2/c1-2-6-13-9-10-16(11-13)15(17)18-12-14-7-4-3-5-8-14/h3-5,7-8,13H,2,6,9-12H2,1H3. The van der Waals surface area contributed by atoms with E-state index in [4.69, 9.17) is 4.74 Å². The number of benzene rings is 1. The minimum absolute atomic E-state index is 0.169. The number of amides is 1. The molecule has 1 amide bonds. The molecular formula is C15H21NO2. The highest BCUT2D eigenvalue weighted by atomic mass is 16.6. The van der Waals surface area contributed by atoms with E-state index in [-0.39, 0.29) is 6.09 Å². The van der Waals surface area contributed by atoms with Gasteiger partial charge in [-0.25, -0.2) is 4.79 Å². The maximum absolute atomic E-state index is 11.9. The first-order chi connectivity index (χ1) is 8.79. The van der Waals surface area contributed by atoms with Crippen LogP contribution in [0.25, 0.3) is 0 Å². The fraction of sp³-hybridized carbons (Fsp3) is 0.533. The summed E-state index contributed by atoms with van der Waals surface area (Å²) in [6.45, 7) is 4.27. The van der Waals surface area contributed by atoms with Gasteiger partial charge in [-0.2, -0.15) is 0 Å². The second kappa shape index (κ2) is 6.43. The third-order valence-electron chi connectivity index (χ3n) is 3.45. The van der Waals surface area contributed by atoms with Crippen LogP contribution in [0.1, 0.15) is 31.7 Å². The maximum atomic E-state index is 11.9. The quantitative estimate of drug-likeness (QED) is 0.815. The fourth-order valence-corrected chi connectivity index (χ4v) is 2.45. The predicted octanol–water partition coefficient (Wildman–Crippen LogP) is 3.45. The average molecular weight is 247 g/mol. The molecule has 0 radical (unpaired) electrons. The molecule has 2 rings (SSSR count). The van der Waals surface area contributed by atoms with Crippen molar-refractivity contribution in [1.29, 1.82) is 0 Å². The SMILES string of the molecule is CCCC1CCN(C(=O)OCc2ccccc2)C1. The van der Waals surface area contributed by atoms with E-state index in [0.717, 1.165) is 25.1 Å². The smallest absolute Gasteiger partial charge is 0.410 e. The summed E-state index contributed by atoms with van der Waals surface area (Å²) >= 11 is 0. The van der Waals surface area contributed by atoms with Gasteiger partial charge in [-0.15, -0.1) is 0 Å². The number of hydrogen-bond donors (Lipinski definition) is 0. The molecule has 1 atom stereocenters. The topological polar surface area (TPSA) is 29.5 Å².